The van der Waals surface area contributed by atoms with Crippen LogP contribution >= 0.6 is 11.3 Å². The number of anilines is 1. The Morgan fingerprint density at radius 1 is 1.03 bits per heavy atom. The van der Waals surface area contributed by atoms with Crippen LogP contribution in [0.2, 0.25) is 0 Å². The molecule has 0 spiro atoms. The summed E-state index contributed by atoms with van der Waals surface area (Å²) in [5.41, 5.74) is 2.36. The molecule has 8 heteroatoms. The number of nitrogens with one attached hydrogen (secondary N) is 1. The highest BCUT2D eigenvalue weighted by Gasteiger charge is 2.37. The third kappa shape index (κ3) is 5.60. The van der Waals surface area contributed by atoms with E-state index in [4.69, 9.17) is 9.47 Å². The molecule has 1 aromatic heterocycles. The normalized spacial score (nSPS) is 15.6. The predicted molar refractivity (Wildman–Crippen MR) is 147 cm³/mol. The monoisotopic (exact) mass is 532 g/mol. The number of fused-ring (bicyclic) bond motifs is 1. The molecule has 5 rings (SSSR count). The fourth-order valence-electron chi connectivity index (χ4n) is 5.17. The number of aryl methyl sites for hydroxylation is 1. The van der Waals surface area contributed by atoms with E-state index in [1.165, 1.54) is 29.6 Å². The van der Waals surface area contributed by atoms with Crippen molar-refractivity contribution in [3.63, 3.8) is 0 Å². The maximum atomic E-state index is 14.1. The first-order valence-electron chi connectivity index (χ1n) is 13.1. The zero-order chi connectivity index (χ0) is 26.6. The molecule has 0 saturated heterocycles. The first-order chi connectivity index (χ1) is 18.4. The lowest BCUT2D eigenvalue weighted by molar-refractivity contribution is -0.127. The zero-order valence-electron chi connectivity index (χ0n) is 21.7. The van der Waals surface area contributed by atoms with Crippen molar-refractivity contribution in [2.45, 2.75) is 64.5 Å². The number of ether oxygens (including phenoxy) is 2. The van der Waals surface area contributed by atoms with Crippen molar-refractivity contribution >= 4 is 34.6 Å². The van der Waals surface area contributed by atoms with Gasteiger partial charge in [-0.3, -0.25) is 19.3 Å². The van der Waals surface area contributed by atoms with Crippen molar-refractivity contribution < 1.29 is 23.9 Å². The number of Topliss-reactive ketones (excluding diaryl/α,β-unsaturated/α-hetero) is 1. The maximum Gasteiger partial charge on any atom is 0.248 e. The van der Waals surface area contributed by atoms with E-state index in [0.29, 0.717) is 28.3 Å². The molecule has 0 radical (unpaired) electrons. The molecule has 1 atom stereocenters. The Labute approximate surface area is 226 Å². The van der Waals surface area contributed by atoms with Crippen LogP contribution in [0.5, 0.6) is 11.5 Å². The van der Waals surface area contributed by atoms with Crippen LogP contribution in [-0.2, 0) is 16.0 Å². The minimum atomic E-state index is -0.969. The molecule has 2 heterocycles. The Bertz CT molecular complexity index is 1310. The molecular weight excluding hydrogens is 500 g/mol. The second-order valence-electron chi connectivity index (χ2n) is 9.96. The van der Waals surface area contributed by atoms with E-state index in [2.05, 4.69) is 5.32 Å². The van der Waals surface area contributed by atoms with Crippen LogP contribution in [0.1, 0.15) is 71.4 Å². The van der Waals surface area contributed by atoms with Gasteiger partial charge in [0.05, 0.1) is 12.1 Å². The van der Waals surface area contributed by atoms with Crippen LogP contribution in [0.15, 0.2) is 53.9 Å². The van der Waals surface area contributed by atoms with E-state index in [-0.39, 0.29) is 36.9 Å². The first kappa shape index (κ1) is 26.0. The number of hydrogen-bond acceptors (Lipinski definition) is 6. The number of carbonyl (C=O) groups excluding carboxylic acids is 3. The van der Waals surface area contributed by atoms with Gasteiger partial charge in [-0.1, -0.05) is 55.2 Å². The largest absolute Gasteiger partial charge is 0.454 e. The zero-order valence-corrected chi connectivity index (χ0v) is 22.5. The molecule has 7 nitrogen and oxygen atoms in total. The average Bonchev–Trinajstić information content (AvgIpc) is 3.59. The van der Waals surface area contributed by atoms with Gasteiger partial charge >= 0.3 is 0 Å². The fraction of sp³-hybridized carbons (Fsp3) is 0.367. The van der Waals surface area contributed by atoms with Crippen molar-refractivity contribution in [2.75, 3.05) is 11.7 Å². The molecule has 1 fully saturated rings. The minimum absolute atomic E-state index is 0.0306. The van der Waals surface area contributed by atoms with E-state index >= 15 is 0 Å². The number of carbonyl (C=O) groups is 3. The van der Waals surface area contributed by atoms with Crippen LogP contribution < -0.4 is 19.7 Å². The molecule has 3 aromatic rings. The highest BCUT2D eigenvalue weighted by atomic mass is 32.1. The second kappa shape index (κ2) is 11.4. The Hall–Kier alpha value is -3.65. The first-order valence-corrected chi connectivity index (χ1v) is 13.9. The number of ketones is 1. The van der Waals surface area contributed by atoms with Crippen molar-refractivity contribution in [2.24, 2.45) is 0 Å². The molecule has 2 aromatic carbocycles. The number of hydrogen-bond donors (Lipinski definition) is 1. The highest BCUT2D eigenvalue weighted by Crippen LogP contribution is 2.41. The molecule has 2 aliphatic rings. The van der Waals surface area contributed by atoms with Crippen LogP contribution in [0, 0.1) is 6.92 Å². The highest BCUT2D eigenvalue weighted by molar-refractivity contribution is 7.10. The summed E-state index contributed by atoms with van der Waals surface area (Å²) in [6.45, 7) is 3.46. The number of nitrogens with zero attached hydrogens (tertiary/aromatic N) is 1. The van der Waals surface area contributed by atoms with Gasteiger partial charge in [-0.05, 0) is 49.8 Å². The van der Waals surface area contributed by atoms with Gasteiger partial charge in [0.15, 0.2) is 17.3 Å². The summed E-state index contributed by atoms with van der Waals surface area (Å²) in [6.07, 6.45) is 5.23. The minimum Gasteiger partial charge on any atom is -0.454 e. The van der Waals surface area contributed by atoms with E-state index in [0.717, 1.165) is 36.1 Å². The van der Waals surface area contributed by atoms with Crippen molar-refractivity contribution in [3.8, 4) is 11.5 Å². The Morgan fingerprint density at radius 2 is 1.74 bits per heavy atom. The lowest BCUT2D eigenvalue weighted by atomic mass is 9.94. The molecule has 2 amide bonds. The fourth-order valence-corrected chi connectivity index (χ4v) is 5.87. The van der Waals surface area contributed by atoms with Gasteiger partial charge in [0.1, 0.15) is 6.04 Å². The summed E-state index contributed by atoms with van der Waals surface area (Å²) < 4.78 is 11.1. The van der Waals surface area contributed by atoms with E-state index in [1.807, 2.05) is 48.7 Å². The summed E-state index contributed by atoms with van der Waals surface area (Å²) >= 11 is 1.48. The third-order valence-electron chi connectivity index (χ3n) is 7.16. The van der Waals surface area contributed by atoms with E-state index in [9.17, 15) is 14.4 Å². The average molecular weight is 533 g/mol. The van der Waals surface area contributed by atoms with Gasteiger partial charge in [0.25, 0.3) is 0 Å². The number of benzene rings is 2. The molecular formula is C30H32N2O5S. The van der Waals surface area contributed by atoms with Crippen LogP contribution in [0.3, 0.4) is 0 Å². The Morgan fingerprint density at radius 3 is 2.39 bits per heavy atom. The second-order valence-corrected chi connectivity index (χ2v) is 11.0. The molecule has 38 heavy (non-hydrogen) atoms. The third-order valence-corrected chi connectivity index (χ3v) is 8.03. The molecule has 1 unspecified atom stereocenters. The summed E-state index contributed by atoms with van der Waals surface area (Å²) in [7, 11) is 0. The van der Waals surface area contributed by atoms with Crippen molar-refractivity contribution in [1.29, 1.82) is 0 Å². The Kier molecular flexibility index (Phi) is 7.79. The van der Waals surface area contributed by atoms with Gasteiger partial charge < -0.3 is 14.8 Å². The number of rotatable bonds is 8. The lowest BCUT2D eigenvalue weighted by Gasteiger charge is -2.34. The predicted octanol–water partition coefficient (Wildman–Crippen LogP) is 5.75. The lowest BCUT2D eigenvalue weighted by Crippen LogP contribution is -2.48. The van der Waals surface area contributed by atoms with Crippen LogP contribution in [0.4, 0.5) is 5.69 Å². The topological polar surface area (TPSA) is 84.9 Å². The molecule has 1 aliphatic carbocycles. The van der Waals surface area contributed by atoms with E-state index < -0.39 is 6.04 Å². The molecule has 0 bridgehead atoms. The molecule has 1 aliphatic heterocycles. The van der Waals surface area contributed by atoms with Gasteiger partial charge in [0, 0.05) is 22.5 Å². The standard InChI is InChI=1S/C30H32N2O5S/c1-19-10-12-21(13-11-19)29(30(35)31-22-7-4-3-5-8-22)32(28(34)15-23-9-6-14-38-23)25-17-27-26(36-18-37-27)16-24(25)20(2)33/h6,9-14,16-17,22,29H,3-5,7-8,15,18H2,1-2H3,(H,31,35). The summed E-state index contributed by atoms with van der Waals surface area (Å²) in [5.74, 6) is 0.116. The number of amides is 2. The molecule has 198 valence electrons. The maximum absolute atomic E-state index is 14.1. The SMILES string of the molecule is CC(=O)c1cc2c(cc1N(C(=O)Cc1cccs1)C(C(=O)NC1CCCCC1)c1ccc(C)cc1)OCO2. The number of thiophene rings is 1. The van der Waals surface area contributed by atoms with Crippen molar-refractivity contribution in [1.82, 2.24) is 5.32 Å². The summed E-state index contributed by atoms with van der Waals surface area (Å²) in [5, 5.41) is 5.14. The summed E-state index contributed by atoms with van der Waals surface area (Å²) in [6, 6.07) is 13.8. The quantitative estimate of drug-likeness (QED) is 0.373. The van der Waals surface area contributed by atoms with Gasteiger partial charge in [-0.15, -0.1) is 11.3 Å². The van der Waals surface area contributed by atoms with E-state index in [1.54, 1.807) is 12.1 Å². The molecule has 1 saturated carbocycles. The molecule has 1 N–H and O–H groups in total. The van der Waals surface area contributed by atoms with Gasteiger partial charge in [0.2, 0.25) is 18.6 Å². The Balaban J connectivity index is 1.64. The van der Waals surface area contributed by atoms with Gasteiger partial charge in [-0.25, -0.2) is 0 Å². The smallest absolute Gasteiger partial charge is 0.248 e. The van der Waals surface area contributed by atoms with Gasteiger partial charge in [-0.2, -0.15) is 0 Å². The van der Waals surface area contributed by atoms with Crippen LogP contribution in [-0.4, -0.2) is 30.4 Å². The van der Waals surface area contributed by atoms with Crippen LogP contribution in [0.25, 0.3) is 0 Å². The van der Waals surface area contributed by atoms with Crippen molar-refractivity contribution in [3.05, 3.63) is 75.5 Å². The summed E-state index contributed by atoms with van der Waals surface area (Å²) in [4.78, 5) is 43.5.